The number of hydrogen-bond acceptors (Lipinski definition) is 3. The molecule has 24 heavy (non-hydrogen) atoms. The van der Waals surface area contributed by atoms with Gasteiger partial charge in [-0.25, -0.2) is 4.99 Å². The summed E-state index contributed by atoms with van der Waals surface area (Å²) in [5.41, 5.74) is 1.38. The number of halogens is 3. The molecule has 2 aromatic carbocycles. The van der Waals surface area contributed by atoms with Crippen LogP contribution in [0.5, 0.6) is 0 Å². The monoisotopic (exact) mass is 349 g/mol. The van der Waals surface area contributed by atoms with Crippen LogP contribution in [-0.4, -0.2) is 15.4 Å². The second-order valence-corrected chi connectivity index (χ2v) is 7.51. The van der Waals surface area contributed by atoms with Crippen LogP contribution in [-0.2, 0) is 18.3 Å². The number of hydrogen-bond donors (Lipinski definition) is 1. The summed E-state index contributed by atoms with van der Waals surface area (Å²) in [6, 6.07) is 10.7. The van der Waals surface area contributed by atoms with Crippen molar-refractivity contribution in [1.82, 2.24) is 0 Å². The van der Waals surface area contributed by atoms with E-state index in [1.165, 1.54) is 12.1 Å². The van der Waals surface area contributed by atoms with Crippen LogP contribution in [0.25, 0.3) is 11.1 Å². The maximum absolute atomic E-state index is 12.7. The van der Waals surface area contributed by atoms with Gasteiger partial charge in [-0.1, -0.05) is 24.3 Å². The maximum Gasteiger partial charge on any atom is 0.416 e. The van der Waals surface area contributed by atoms with E-state index in [0.29, 0.717) is 5.56 Å². The SMILES string of the molecule is CC1=NC2(O)c3cc(-c4ccc(C(F)(F)F)cc4)ccc3CC2S1. The topological polar surface area (TPSA) is 32.6 Å². The van der Waals surface area contributed by atoms with Crippen LogP contribution in [0, 0.1) is 0 Å². The van der Waals surface area contributed by atoms with E-state index in [2.05, 4.69) is 4.99 Å². The summed E-state index contributed by atoms with van der Waals surface area (Å²) in [6.07, 6.45) is -3.60. The van der Waals surface area contributed by atoms with E-state index in [9.17, 15) is 18.3 Å². The molecule has 0 fully saturated rings. The lowest BCUT2D eigenvalue weighted by Gasteiger charge is -2.20. The van der Waals surface area contributed by atoms with E-state index in [4.69, 9.17) is 0 Å². The van der Waals surface area contributed by atoms with Crippen LogP contribution in [0.4, 0.5) is 13.2 Å². The molecule has 0 amide bonds. The third kappa shape index (κ3) is 2.36. The Bertz CT molecular complexity index is 844. The van der Waals surface area contributed by atoms with E-state index >= 15 is 0 Å². The normalized spacial score (nSPS) is 25.4. The molecule has 2 unspecified atom stereocenters. The van der Waals surface area contributed by atoms with Crippen molar-refractivity contribution in [3.63, 3.8) is 0 Å². The molecule has 0 radical (unpaired) electrons. The largest absolute Gasteiger partial charge is 0.416 e. The summed E-state index contributed by atoms with van der Waals surface area (Å²) in [6.45, 7) is 1.88. The number of fused-ring (bicyclic) bond motifs is 3. The van der Waals surface area contributed by atoms with Gasteiger partial charge in [-0.15, -0.1) is 11.8 Å². The van der Waals surface area contributed by atoms with Gasteiger partial charge in [-0.2, -0.15) is 13.2 Å². The molecule has 1 aliphatic carbocycles. The highest BCUT2D eigenvalue weighted by atomic mass is 32.2. The van der Waals surface area contributed by atoms with Crippen molar-refractivity contribution in [1.29, 1.82) is 0 Å². The molecule has 1 N–H and O–H groups in total. The van der Waals surface area contributed by atoms with Gasteiger partial charge in [-0.05, 0) is 48.2 Å². The third-order valence-corrected chi connectivity index (χ3v) is 5.76. The molecule has 2 aliphatic rings. The molecule has 2 aromatic rings. The van der Waals surface area contributed by atoms with Gasteiger partial charge in [-0.3, -0.25) is 0 Å². The van der Waals surface area contributed by atoms with Crippen LogP contribution in [0.15, 0.2) is 47.5 Å². The zero-order valence-corrected chi connectivity index (χ0v) is 13.6. The van der Waals surface area contributed by atoms with Gasteiger partial charge in [0, 0.05) is 5.56 Å². The minimum Gasteiger partial charge on any atom is -0.365 e. The zero-order valence-electron chi connectivity index (χ0n) is 12.8. The van der Waals surface area contributed by atoms with Crippen molar-refractivity contribution in [2.24, 2.45) is 4.99 Å². The quantitative estimate of drug-likeness (QED) is 0.816. The van der Waals surface area contributed by atoms with Crippen LogP contribution < -0.4 is 0 Å². The average Bonchev–Trinajstić information content (AvgIpc) is 2.95. The molecule has 1 aliphatic heterocycles. The summed E-state index contributed by atoms with van der Waals surface area (Å²) in [5, 5.41) is 11.8. The lowest BCUT2D eigenvalue weighted by Crippen LogP contribution is -2.27. The second kappa shape index (κ2) is 5.10. The molecule has 0 spiro atoms. The van der Waals surface area contributed by atoms with Crippen LogP contribution in [0.3, 0.4) is 0 Å². The van der Waals surface area contributed by atoms with Gasteiger partial charge in [0.15, 0.2) is 5.72 Å². The van der Waals surface area contributed by atoms with E-state index in [0.717, 1.165) is 40.3 Å². The summed E-state index contributed by atoms with van der Waals surface area (Å²) in [5.74, 6) is 0. The van der Waals surface area contributed by atoms with Crippen LogP contribution in [0.1, 0.15) is 23.6 Å². The molecule has 0 saturated carbocycles. The van der Waals surface area contributed by atoms with E-state index in [1.807, 2.05) is 25.1 Å². The first-order chi connectivity index (χ1) is 11.3. The molecule has 4 rings (SSSR count). The van der Waals surface area contributed by atoms with Crippen molar-refractivity contribution in [3.8, 4) is 11.1 Å². The summed E-state index contributed by atoms with van der Waals surface area (Å²) >= 11 is 1.57. The molecular formula is C18H14F3NOS. The summed E-state index contributed by atoms with van der Waals surface area (Å²) < 4.78 is 38.1. The highest BCUT2D eigenvalue weighted by Crippen LogP contribution is 2.50. The van der Waals surface area contributed by atoms with Gasteiger partial charge in [0.25, 0.3) is 0 Å². The maximum atomic E-state index is 12.7. The Labute approximate surface area is 141 Å². The number of aliphatic hydroxyl groups is 1. The Kier molecular flexibility index (Phi) is 3.34. The summed E-state index contributed by atoms with van der Waals surface area (Å²) in [7, 11) is 0. The highest BCUT2D eigenvalue weighted by Gasteiger charge is 2.49. The Hall–Kier alpha value is -1.79. The Morgan fingerprint density at radius 2 is 1.79 bits per heavy atom. The van der Waals surface area contributed by atoms with Gasteiger partial charge >= 0.3 is 6.18 Å². The Balaban J connectivity index is 1.74. The lowest BCUT2D eigenvalue weighted by molar-refractivity contribution is -0.137. The molecule has 0 aromatic heterocycles. The molecular weight excluding hydrogens is 335 g/mol. The van der Waals surface area contributed by atoms with Gasteiger partial charge < -0.3 is 5.11 Å². The molecule has 1 heterocycles. The van der Waals surface area contributed by atoms with E-state index < -0.39 is 17.5 Å². The smallest absolute Gasteiger partial charge is 0.365 e. The van der Waals surface area contributed by atoms with Gasteiger partial charge in [0.1, 0.15) is 0 Å². The molecule has 0 bridgehead atoms. The van der Waals surface area contributed by atoms with E-state index in [1.54, 1.807) is 11.8 Å². The van der Waals surface area contributed by atoms with Crippen molar-refractivity contribution in [3.05, 3.63) is 59.2 Å². The Morgan fingerprint density at radius 3 is 2.46 bits per heavy atom. The zero-order chi connectivity index (χ0) is 17.1. The minimum absolute atomic E-state index is 0.0182. The molecule has 6 heteroatoms. The third-order valence-electron chi connectivity index (χ3n) is 4.55. The number of thioether (sulfide) groups is 1. The fourth-order valence-electron chi connectivity index (χ4n) is 3.37. The van der Waals surface area contributed by atoms with Gasteiger partial charge in [0.2, 0.25) is 0 Å². The van der Waals surface area contributed by atoms with E-state index in [-0.39, 0.29) is 5.25 Å². The van der Waals surface area contributed by atoms with Crippen molar-refractivity contribution >= 4 is 16.8 Å². The first-order valence-corrected chi connectivity index (χ1v) is 8.42. The predicted molar refractivity (Wildman–Crippen MR) is 89.0 cm³/mol. The first-order valence-electron chi connectivity index (χ1n) is 7.54. The average molecular weight is 349 g/mol. The minimum atomic E-state index is -4.34. The molecule has 2 atom stereocenters. The fourth-order valence-corrected chi connectivity index (χ4v) is 4.58. The molecule has 124 valence electrons. The molecule has 2 nitrogen and oxygen atoms in total. The van der Waals surface area contributed by atoms with Gasteiger partial charge in [0.05, 0.1) is 15.9 Å². The number of rotatable bonds is 1. The summed E-state index contributed by atoms with van der Waals surface area (Å²) in [4.78, 5) is 4.39. The first kappa shape index (κ1) is 15.7. The molecule has 0 saturated heterocycles. The van der Waals surface area contributed by atoms with Crippen LogP contribution >= 0.6 is 11.8 Å². The Morgan fingerprint density at radius 1 is 1.12 bits per heavy atom. The van der Waals surface area contributed by atoms with Crippen molar-refractivity contribution in [2.75, 3.05) is 0 Å². The second-order valence-electron chi connectivity index (χ2n) is 6.11. The lowest BCUT2D eigenvalue weighted by atomic mass is 9.97. The van der Waals surface area contributed by atoms with Crippen molar-refractivity contribution in [2.45, 2.75) is 30.5 Å². The van der Waals surface area contributed by atoms with Crippen molar-refractivity contribution < 1.29 is 18.3 Å². The number of aliphatic imine (C=N–C) groups is 1. The predicted octanol–water partition coefficient (Wildman–Crippen LogP) is 4.61. The fraction of sp³-hybridized carbons (Fsp3) is 0.278. The van der Waals surface area contributed by atoms with Crippen LogP contribution in [0.2, 0.25) is 0 Å². The number of nitrogens with zero attached hydrogens (tertiary/aromatic N) is 1. The number of benzene rings is 2. The highest BCUT2D eigenvalue weighted by molar-refractivity contribution is 8.14. The standard InChI is InChI=1S/C18H14F3NOS/c1-10-22-17(23)15-8-12(2-3-13(15)9-16(17)24-10)11-4-6-14(7-5-11)18(19,20)21/h2-8,16,23H,9H2,1H3. The number of alkyl halides is 3.